The van der Waals surface area contributed by atoms with Gasteiger partial charge in [0.05, 0.1) is 6.10 Å². The molecule has 1 fully saturated rings. The molecule has 0 aliphatic carbocycles. The standard InChI is InChI=1S/C14H27N3O3/c1-10(2)12(18)9-15-13(19)11-5-7-17(8-6-11)14(20)16(3)4/h10-12,18H,5-9H2,1-4H3,(H,15,19). The summed E-state index contributed by atoms with van der Waals surface area (Å²) in [5, 5.41) is 12.5. The molecule has 116 valence electrons. The monoisotopic (exact) mass is 285 g/mol. The second-order valence-corrected chi connectivity index (χ2v) is 5.99. The number of carbonyl (C=O) groups excluding carboxylic acids is 2. The van der Waals surface area contributed by atoms with Gasteiger partial charge in [0.15, 0.2) is 0 Å². The molecule has 1 aliphatic rings. The maximum atomic E-state index is 12.0. The van der Waals surface area contributed by atoms with E-state index in [1.165, 1.54) is 0 Å². The SMILES string of the molecule is CC(C)C(O)CNC(=O)C1CCN(C(=O)N(C)C)CC1. The first kappa shape index (κ1) is 16.8. The molecule has 1 aliphatic heterocycles. The predicted molar refractivity (Wildman–Crippen MR) is 77.2 cm³/mol. The van der Waals surface area contributed by atoms with Gasteiger partial charge in [-0.25, -0.2) is 4.79 Å². The van der Waals surface area contributed by atoms with E-state index in [9.17, 15) is 14.7 Å². The number of nitrogens with zero attached hydrogens (tertiary/aromatic N) is 2. The zero-order valence-corrected chi connectivity index (χ0v) is 12.9. The van der Waals surface area contributed by atoms with Crippen molar-refractivity contribution in [2.75, 3.05) is 33.7 Å². The molecule has 0 radical (unpaired) electrons. The highest BCUT2D eigenvalue weighted by molar-refractivity contribution is 5.79. The highest BCUT2D eigenvalue weighted by atomic mass is 16.3. The molecule has 3 amide bonds. The first-order valence-electron chi connectivity index (χ1n) is 7.25. The maximum absolute atomic E-state index is 12.0. The summed E-state index contributed by atoms with van der Waals surface area (Å²) in [6, 6.07) is -0.000844. The van der Waals surface area contributed by atoms with Crippen LogP contribution in [0.4, 0.5) is 4.79 Å². The zero-order valence-electron chi connectivity index (χ0n) is 12.9. The molecule has 1 atom stereocenters. The Labute approximate surface area is 121 Å². The van der Waals surface area contributed by atoms with Gasteiger partial charge in [0.2, 0.25) is 5.91 Å². The summed E-state index contributed by atoms with van der Waals surface area (Å²) in [7, 11) is 3.46. The number of amides is 3. The lowest BCUT2D eigenvalue weighted by Crippen LogP contribution is -2.47. The quantitative estimate of drug-likeness (QED) is 0.790. The van der Waals surface area contributed by atoms with Crippen LogP contribution >= 0.6 is 0 Å². The minimum absolute atomic E-state index is 0.000844. The third-order valence-electron chi connectivity index (χ3n) is 3.77. The minimum atomic E-state index is -0.505. The average molecular weight is 285 g/mol. The summed E-state index contributed by atoms with van der Waals surface area (Å²) in [6.45, 7) is 5.36. The normalized spacial score (nSPS) is 18.0. The van der Waals surface area contributed by atoms with Crippen LogP contribution in [0.25, 0.3) is 0 Å². The van der Waals surface area contributed by atoms with Crippen molar-refractivity contribution in [3.05, 3.63) is 0 Å². The van der Waals surface area contributed by atoms with E-state index >= 15 is 0 Å². The molecule has 0 saturated carbocycles. The second-order valence-electron chi connectivity index (χ2n) is 5.99. The molecule has 20 heavy (non-hydrogen) atoms. The Hall–Kier alpha value is -1.30. The number of aliphatic hydroxyl groups excluding tert-OH is 1. The Kier molecular flexibility index (Phi) is 6.26. The third-order valence-corrected chi connectivity index (χ3v) is 3.77. The molecule has 0 aromatic carbocycles. The van der Waals surface area contributed by atoms with Gasteiger partial charge < -0.3 is 20.2 Å². The first-order chi connectivity index (χ1) is 9.32. The lowest BCUT2D eigenvalue weighted by molar-refractivity contribution is -0.126. The van der Waals surface area contributed by atoms with Crippen LogP contribution < -0.4 is 5.32 Å². The van der Waals surface area contributed by atoms with Gasteiger partial charge in [-0.3, -0.25) is 4.79 Å². The molecule has 2 N–H and O–H groups in total. The van der Waals surface area contributed by atoms with E-state index in [0.717, 1.165) is 0 Å². The van der Waals surface area contributed by atoms with Gasteiger partial charge in [-0.05, 0) is 18.8 Å². The first-order valence-corrected chi connectivity index (χ1v) is 7.25. The molecule has 0 aromatic rings. The van der Waals surface area contributed by atoms with Gasteiger partial charge in [0.1, 0.15) is 0 Å². The third kappa shape index (κ3) is 4.67. The van der Waals surface area contributed by atoms with Crippen molar-refractivity contribution in [3.8, 4) is 0 Å². The van der Waals surface area contributed by atoms with Crippen LogP contribution in [0.2, 0.25) is 0 Å². The van der Waals surface area contributed by atoms with E-state index in [1.54, 1.807) is 23.9 Å². The lowest BCUT2D eigenvalue weighted by atomic mass is 9.96. The maximum Gasteiger partial charge on any atom is 0.319 e. The summed E-state index contributed by atoms with van der Waals surface area (Å²) in [6.07, 6.45) is 0.862. The fourth-order valence-electron chi connectivity index (χ4n) is 2.20. The highest BCUT2D eigenvalue weighted by Crippen LogP contribution is 2.18. The van der Waals surface area contributed by atoms with E-state index < -0.39 is 6.10 Å². The summed E-state index contributed by atoms with van der Waals surface area (Å²) in [5.41, 5.74) is 0. The lowest BCUT2D eigenvalue weighted by Gasteiger charge is -2.33. The highest BCUT2D eigenvalue weighted by Gasteiger charge is 2.28. The molecule has 0 aromatic heterocycles. The van der Waals surface area contributed by atoms with Crippen molar-refractivity contribution < 1.29 is 14.7 Å². The van der Waals surface area contributed by atoms with E-state index in [1.807, 2.05) is 13.8 Å². The van der Waals surface area contributed by atoms with Crippen LogP contribution in [0.3, 0.4) is 0 Å². The summed E-state index contributed by atoms with van der Waals surface area (Å²) >= 11 is 0. The van der Waals surface area contributed by atoms with Crippen molar-refractivity contribution in [2.24, 2.45) is 11.8 Å². The number of carbonyl (C=O) groups is 2. The fourth-order valence-corrected chi connectivity index (χ4v) is 2.20. The second kappa shape index (κ2) is 7.47. The number of likely N-dealkylation sites (tertiary alicyclic amines) is 1. The largest absolute Gasteiger partial charge is 0.391 e. The van der Waals surface area contributed by atoms with Crippen molar-refractivity contribution in [3.63, 3.8) is 0 Å². The Morgan fingerprint density at radius 3 is 2.30 bits per heavy atom. The fraction of sp³-hybridized carbons (Fsp3) is 0.857. The van der Waals surface area contributed by atoms with Gasteiger partial charge in [-0.2, -0.15) is 0 Å². The molecule has 6 nitrogen and oxygen atoms in total. The molecule has 1 unspecified atom stereocenters. The average Bonchev–Trinajstić information content (AvgIpc) is 2.43. The zero-order chi connectivity index (χ0) is 15.3. The Balaban J connectivity index is 2.34. The summed E-state index contributed by atoms with van der Waals surface area (Å²) in [4.78, 5) is 27.1. The van der Waals surface area contributed by atoms with Crippen LogP contribution in [0.15, 0.2) is 0 Å². The Morgan fingerprint density at radius 2 is 1.85 bits per heavy atom. The molecule has 1 rings (SSSR count). The van der Waals surface area contributed by atoms with E-state index in [4.69, 9.17) is 0 Å². The molecule has 1 heterocycles. The van der Waals surface area contributed by atoms with Crippen LogP contribution in [-0.2, 0) is 4.79 Å². The predicted octanol–water partition coefficient (Wildman–Crippen LogP) is 0.513. The van der Waals surface area contributed by atoms with Crippen molar-refractivity contribution in [1.29, 1.82) is 0 Å². The Morgan fingerprint density at radius 1 is 1.30 bits per heavy atom. The number of hydrogen-bond acceptors (Lipinski definition) is 3. The van der Waals surface area contributed by atoms with Crippen LogP contribution in [0.5, 0.6) is 0 Å². The van der Waals surface area contributed by atoms with Crippen molar-refractivity contribution >= 4 is 11.9 Å². The number of rotatable bonds is 4. The van der Waals surface area contributed by atoms with Gasteiger partial charge in [-0.15, -0.1) is 0 Å². The van der Waals surface area contributed by atoms with Crippen LogP contribution in [0, 0.1) is 11.8 Å². The van der Waals surface area contributed by atoms with E-state index in [0.29, 0.717) is 32.5 Å². The molecule has 6 heteroatoms. The van der Waals surface area contributed by atoms with Gasteiger partial charge in [-0.1, -0.05) is 13.8 Å². The number of nitrogens with one attached hydrogen (secondary N) is 1. The summed E-state index contributed by atoms with van der Waals surface area (Å²) < 4.78 is 0. The van der Waals surface area contributed by atoms with E-state index in [2.05, 4.69) is 5.32 Å². The van der Waals surface area contributed by atoms with E-state index in [-0.39, 0.29) is 23.8 Å². The van der Waals surface area contributed by atoms with Crippen LogP contribution in [0.1, 0.15) is 26.7 Å². The smallest absolute Gasteiger partial charge is 0.319 e. The van der Waals surface area contributed by atoms with Crippen molar-refractivity contribution in [1.82, 2.24) is 15.1 Å². The van der Waals surface area contributed by atoms with Crippen LogP contribution in [-0.4, -0.2) is 66.7 Å². The topological polar surface area (TPSA) is 72.9 Å². The molecular formula is C14H27N3O3. The Bertz CT molecular complexity index is 337. The van der Waals surface area contributed by atoms with Gasteiger partial charge >= 0.3 is 6.03 Å². The molecular weight excluding hydrogens is 258 g/mol. The molecule has 1 saturated heterocycles. The van der Waals surface area contributed by atoms with Gasteiger partial charge in [0, 0.05) is 39.6 Å². The number of piperidine rings is 1. The van der Waals surface area contributed by atoms with Crippen molar-refractivity contribution in [2.45, 2.75) is 32.8 Å². The summed E-state index contributed by atoms with van der Waals surface area (Å²) in [5.74, 6) is 0.0667. The molecule has 0 spiro atoms. The van der Waals surface area contributed by atoms with Gasteiger partial charge in [0.25, 0.3) is 0 Å². The number of urea groups is 1. The number of hydrogen-bond donors (Lipinski definition) is 2. The molecule has 0 bridgehead atoms. The minimum Gasteiger partial charge on any atom is -0.391 e. The number of aliphatic hydroxyl groups is 1.